The first-order chi connectivity index (χ1) is 11.9. The van der Waals surface area contributed by atoms with E-state index in [1.165, 1.54) is 0 Å². The topological polar surface area (TPSA) is 59.0 Å². The van der Waals surface area contributed by atoms with Crippen LogP contribution in [0.15, 0.2) is 30.5 Å². The highest BCUT2D eigenvalue weighted by Gasteiger charge is 2.40. The Bertz CT molecular complexity index is 770. The summed E-state index contributed by atoms with van der Waals surface area (Å²) in [7, 11) is 0. The van der Waals surface area contributed by atoms with Crippen molar-refractivity contribution in [1.29, 1.82) is 0 Å². The second-order valence-corrected chi connectivity index (χ2v) is 6.11. The number of aromatic nitrogens is 2. The molecule has 1 fully saturated rings. The lowest BCUT2D eigenvalue weighted by molar-refractivity contribution is -0.143. The van der Waals surface area contributed by atoms with Crippen molar-refractivity contribution in [3.05, 3.63) is 47.3 Å². The van der Waals surface area contributed by atoms with Gasteiger partial charge in [0.05, 0.1) is 17.4 Å². The Balaban J connectivity index is 0.00000243. The molecule has 1 aliphatic heterocycles. The van der Waals surface area contributed by atoms with Gasteiger partial charge in [-0.3, -0.25) is 4.79 Å². The van der Waals surface area contributed by atoms with E-state index >= 15 is 0 Å². The molecule has 2 heterocycles. The van der Waals surface area contributed by atoms with Crippen LogP contribution in [0.1, 0.15) is 34.5 Å². The Labute approximate surface area is 155 Å². The molecule has 1 atom stereocenters. The third-order valence-corrected chi connectivity index (χ3v) is 4.30. The van der Waals surface area contributed by atoms with Gasteiger partial charge < -0.3 is 10.6 Å². The Morgan fingerprint density at radius 1 is 1.38 bits per heavy atom. The number of alkyl halides is 3. The van der Waals surface area contributed by atoms with Gasteiger partial charge in [-0.25, -0.2) is 4.68 Å². The molecule has 1 amide bonds. The van der Waals surface area contributed by atoms with Crippen LogP contribution in [0, 0.1) is 6.92 Å². The van der Waals surface area contributed by atoms with E-state index < -0.39 is 23.3 Å². The van der Waals surface area contributed by atoms with Crippen LogP contribution in [-0.4, -0.2) is 34.8 Å². The Morgan fingerprint density at radius 2 is 2.12 bits per heavy atom. The van der Waals surface area contributed by atoms with Gasteiger partial charge in [-0.15, -0.1) is 12.4 Å². The lowest BCUT2D eigenvalue weighted by Crippen LogP contribution is -2.37. The maximum Gasteiger partial charge on any atom is 0.434 e. The minimum atomic E-state index is -4.70. The van der Waals surface area contributed by atoms with Crippen molar-refractivity contribution in [3.63, 3.8) is 0 Å². The first-order valence-corrected chi connectivity index (χ1v) is 8.10. The van der Waals surface area contributed by atoms with E-state index in [4.69, 9.17) is 0 Å². The van der Waals surface area contributed by atoms with Gasteiger partial charge >= 0.3 is 6.18 Å². The van der Waals surface area contributed by atoms with Gasteiger partial charge in [-0.1, -0.05) is 18.2 Å². The van der Waals surface area contributed by atoms with Crippen molar-refractivity contribution >= 4 is 18.3 Å². The zero-order valence-electron chi connectivity index (χ0n) is 14.1. The monoisotopic (exact) mass is 388 g/mol. The van der Waals surface area contributed by atoms with Gasteiger partial charge in [-0.2, -0.15) is 18.3 Å². The molecule has 2 N–H and O–H groups in total. The highest BCUT2D eigenvalue weighted by Crippen LogP contribution is 2.34. The average Bonchev–Trinajstić information content (AvgIpc) is 3.22. The third-order valence-electron chi connectivity index (χ3n) is 4.30. The Hall–Kier alpha value is -2.06. The zero-order valence-corrected chi connectivity index (χ0v) is 15.0. The number of hydrogen-bond donors (Lipinski definition) is 2. The molecule has 0 radical (unpaired) electrons. The van der Waals surface area contributed by atoms with Gasteiger partial charge in [0.1, 0.15) is 0 Å². The maximum atomic E-state index is 13.6. The number of para-hydroxylation sites is 1. The van der Waals surface area contributed by atoms with Crippen molar-refractivity contribution in [1.82, 2.24) is 20.4 Å². The number of carbonyl (C=O) groups excluding carboxylic acids is 1. The number of hydrogen-bond acceptors (Lipinski definition) is 3. The fraction of sp³-hybridized carbons (Fsp3) is 0.412. The van der Waals surface area contributed by atoms with Gasteiger partial charge in [0, 0.05) is 12.6 Å². The predicted octanol–water partition coefficient (Wildman–Crippen LogP) is 3.10. The summed E-state index contributed by atoms with van der Waals surface area (Å²) in [5.41, 5.74) is -0.586. The highest BCUT2D eigenvalue weighted by atomic mass is 35.5. The van der Waals surface area contributed by atoms with E-state index in [0.29, 0.717) is 17.8 Å². The number of halogens is 4. The van der Waals surface area contributed by atoms with Crippen LogP contribution < -0.4 is 10.6 Å². The van der Waals surface area contributed by atoms with Crippen LogP contribution in [0.2, 0.25) is 0 Å². The first-order valence-electron chi connectivity index (χ1n) is 8.10. The molecule has 1 aliphatic rings. The molecular weight excluding hydrogens is 369 g/mol. The first kappa shape index (κ1) is 20.3. The van der Waals surface area contributed by atoms with Crippen LogP contribution in [-0.2, 0) is 6.18 Å². The molecule has 1 unspecified atom stereocenters. The highest BCUT2D eigenvalue weighted by molar-refractivity contribution is 5.95. The molecule has 3 rings (SSSR count). The predicted molar refractivity (Wildman–Crippen MR) is 93.9 cm³/mol. The van der Waals surface area contributed by atoms with Gasteiger partial charge in [0.15, 0.2) is 5.69 Å². The van der Waals surface area contributed by atoms with E-state index in [1.807, 2.05) is 0 Å². The molecule has 1 saturated heterocycles. The molecule has 142 valence electrons. The lowest BCUT2D eigenvalue weighted by Gasteiger charge is -2.15. The number of benzene rings is 1. The molecule has 1 aromatic heterocycles. The van der Waals surface area contributed by atoms with Crippen molar-refractivity contribution in [2.45, 2.75) is 32.0 Å². The molecule has 2 aromatic rings. The van der Waals surface area contributed by atoms with Crippen LogP contribution >= 0.6 is 12.4 Å². The van der Waals surface area contributed by atoms with Crippen molar-refractivity contribution < 1.29 is 18.0 Å². The van der Waals surface area contributed by atoms with Crippen molar-refractivity contribution in [2.24, 2.45) is 0 Å². The second-order valence-electron chi connectivity index (χ2n) is 6.11. The molecule has 0 spiro atoms. The molecule has 1 aromatic carbocycles. The quantitative estimate of drug-likeness (QED) is 0.846. The summed E-state index contributed by atoms with van der Waals surface area (Å²) < 4.78 is 41.6. The second kappa shape index (κ2) is 8.09. The van der Waals surface area contributed by atoms with E-state index in [0.717, 1.165) is 30.3 Å². The Morgan fingerprint density at radius 3 is 2.73 bits per heavy atom. The molecular formula is C17H20ClF3N4O. The van der Waals surface area contributed by atoms with Crippen LogP contribution in [0.3, 0.4) is 0 Å². The molecule has 0 saturated carbocycles. The largest absolute Gasteiger partial charge is 0.434 e. The number of carbonyl (C=O) groups is 1. The number of amides is 1. The van der Waals surface area contributed by atoms with E-state index in [-0.39, 0.29) is 18.4 Å². The smallest absolute Gasteiger partial charge is 0.350 e. The van der Waals surface area contributed by atoms with Crippen LogP contribution in [0.5, 0.6) is 0 Å². The molecule has 0 bridgehead atoms. The summed E-state index contributed by atoms with van der Waals surface area (Å²) in [6.07, 6.45) is -1.82. The summed E-state index contributed by atoms with van der Waals surface area (Å²) in [5.74, 6) is -0.763. The normalized spacial score (nSPS) is 17.0. The molecule has 9 heteroatoms. The van der Waals surface area contributed by atoms with Crippen molar-refractivity contribution in [3.8, 4) is 5.69 Å². The van der Waals surface area contributed by atoms with Crippen LogP contribution in [0.4, 0.5) is 13.2 Å². The van der Waals surface area contributed by atoms with E-state index in [2.05, 4.69) is 15.7 Å². The SMILES string of the molecule is Cc1ccccc1-n1ncc(C(=O)NCC2CCCN2)c1C(F)(F)F.Cl. The fourth-order valence-electron chi connectivity index (χ4n) is 3.01. The minimum Gasteiger partial charge on any atom is -0.350 e. The maximum absolute atomic E-state index is 13.6. The van der Waals surface area contributed by atoms with Crippen LogP contribution in [0.25, 0.3) is 5.69 Å². The average molecular weight is 389 g/mol. The summed E-state index contributed by atoms with van der Waals surface area (Å²) >= 11 is 0. The Kier molecular flexibility index (Phi) is 6.30. The zero-order chi connectivity index (χ0) is 18.0. The summed E-state index contributed by atoms with van der Waals surface area (Å²) in [6.45, 7) is 2.86. The fourth-order valence-corrected chi connectivity index (χ4v) is 3.01. The number of nitrogens with zero attached hydrogens (tertiary/aromatic N) is 2. The standard InChI is InChI=1S/C17H19F3N4O.ClH/c1-11-5-2-3-7-14(11)24-15(17(18,19)20)13(10-23-24)16(25)22-9-12-6-4-8-21-12;/h2-3,5,7,10,12,21H,4,6,8-9H2,1H3,(H,22,25);1H. The number of nitrogens with one attached hydrogen (secondary N) is 2. The summed E-state index contributed by atoms with van der Waals surface area (Å²) in [6, 6.07) is 6.71. The molecule has 26 heavy (non-hydrogen) atoms. The van der Waals surface area contributed by atoms with E-state index in [1.54, 1.807) is 31.2 Å². The number of rotatable bonds is 4. The number of aryl methyl sites for hydroxylation is 1. The third kappa shape index (κ3) is 4.19. The minimum absolute atomic E-state index is 0. The summed E-state index contributed by atoms with van der Waals surface area (Å²) in [4.78, 5) is 12.3. The molecule has 5 nitrogen and oxygen atoms in total. The van der Waals surface area contributed by atoms with Crippen molar-refractivity contribution in [2.75, 3.05) is 13.1 Å². The summed E-state index contributed by atoms with van der Waals surface area (Å²) in [5, 5.41) is 9.60. The lowest BCUT2D eigenvalue weighted by atomic mass is 10.1. The molecule has 0 aliphatic carbocycles. The van der Waals surface area contributed by atoms with Gasteiger partial charge in [0.2, 0.25) is 0 Å². The van der Waals surface area contributed by atoms with Gasteiger partial charge in [0.25, 0.3) is 5.91 Å². The van der Waals surface area contributed by atoms with Gasteiger partial charge in [-0.05, 0) is 37.9 Å². The van der Waals surface area contributed by atoms with E-state index in [9.17, 15) is 18.0 Å².